The van der Waals surface area contributed by atoms with E-state index in [-0.39, 0.29) is 35.1 Å². The fraction of sp³-hybridized carbons (Fsp3) is 0. The standard InChI is InChI=1S/C7H5IO3.Na/c9-7(10)5-1-3-6(8-11)4-2-5;/h1-4H,(H,9,10);/q;+1/p-1. The number of hydrogen-bond acceptors (Lipinski definition) is 3. The van der Waals surface area contributed by atoms with Crippen LogP contribution in [-0.4, -0.2) is 5.97 Å². The molecule has 0 N–H and O–H groups in total. The fourth-order valence-electron chi connectivity index (χ4n) is 0.637. The summed E-state index contributed by atoms with van der Waals surface area (Å²) in [6, 6.07) is 5.85. The van der Waals surface area contributed by atoms with Crippen LogP contribution < -0.4 is 34.7 Å². The van der Waals surface area contributed by atoms with Gasteiger partial charge in [-0.3, -0.25) is 3.07 Å². The molecule has 1 aromatic rings. The van der Waals surface area contributed by atoms with Gasteiger partial charge in [0.2, 0.25) is 0 Å². The van der Waals surface area contributed by atoms with Gasteiger partial charge in [-0.05, 0) is 17.7 Å². The van der Waals surface area contributed by atoms with E-state index in [1.807, 2.05) is 0 Å². The Kier molecular flexibility index (Phi) is 5.90. The Balaban J connectivity index is 0.00000121. The van der Waals surface area contributed by atoms with Crippen molar-refractivity contribution in [1.29, 1.82) is 0 Å². The van der Waals surface area contributed by atoms with Gasteiger partial charge in [-0.25, -0.2) is 0 Å². The maximum atomic E-state index is 10.4. The molecule has 0 radical (unpaired) electrons. The predicted molar refractivity (Wildman–Crippen MR) is 44.2 cm³/mol. The van der Waals surface area contributed by atoms with Gasteiger partial charge in [0.25, 0.3) is 0 Å². The van der Waals surface area contributed by atoms with Crippen molar-refractivity contribution >= 4 is 27.2 Å². The zero-order valence-corrected chi connectivity index (χ0v) is 10.6. The number of benzene rings is 1. The van der Waals surface area contributed by atoms with E-state index in [4.69, 9.17) is 0 Å². The summed E-state index contributed by atoms with van der Waals surface area (Å²) in [7, 11) is 0. The van der Waals surface area contributed by atoms with Crippen LogP contribution in [-0.2, 0) is 3.07 Å². The smallest absolute Gasteiger partial charge is 0.545 e. The van der Waals surface area contributed by atoms with Gasteiger partial charge in [-0.1, -0.05) is 12.1 Å². The second-order valence-electron chi connectivity index (χ2n) is 1.87. The molecule has 0 saturated heterocycles. The molecule has 5 heteroatoms. The average molecular weight is 286 g/mol. The van der Waals surface area contributed by atoms with Crippen LogP contribution in [0.1, 0.15) is 10.4 Å². The first kappa shape index (κ1) is 12.2. The molecule has 0 aromatic heterocycles. The third-order valence-electron chi connectivity index (χ3n) is 1.17. The molecule has 0 amide bonds. The Morgan fingerprint density at radius 2 is 1.75 bits per heavy atom. The summed E-state index contributed by atoms with van der Waals surface area (Å²) in [6.07, 6.45) is 0. The van der Waals surface area contributed by atoms with Crippen LogP contribution in [0.2, 0.25) is 0 Å². The van der Waals surface area contributed by atoms with Crippen LogP contribution in [0.5, 0.6) is 0 Å². The normalized spacial score (nSPS) is 8.67. The zero-order chi connectivity index (χ0) is 8.27. The van der Waals surface area contributed by atoms with Crippen LogP contribution >= 0.6 is 21.2 Å². The van der Waals surface area contributed by atoms with Gasteiger partial charge in [0.15, 0.2) is 21.2 Å². The molecule has 12 heavy (non-hydrogen) atoms. The summed E-state index contributed by atoms with van der Waals surface area (Å²) in [4.78, 5) is 10.2. The molecule has 58 valence electrons. The maximum Gasteiger partial charge on any atom is 1.00 e. The number of carboxylic acids is 1. The largest absolute Gasteiger partial charge is 1.00 e. The molecule has 0 unspecified atom stereocenters. The van der Waals surface area contributed by atoms with Crippen molar-refractivity contribution in [2.24, 2.45) is 0 Å². The molecule has 0 saturated carbocycles. The molecule has 0 heterocycles. The van der Waals surface area contributed by atoms with Crippen molar-refractivity contribution in [1.82, 2.24) is 0 Å². The van der Waals surface area contributed by atoms with E-state index in [0.29, 0.717) is 3.57 Å². The van der Waals surface area contributed by atoms with Crippen molar-refractivity contribution in [3.63, 3.8) is 0 Å². The maximum absolute atomic E-state index is 10.4. The first-order valence-electron chi connectivity index (χ1n) is 2.82. The Labute approximate surface area is 102 Å². The van der Waals surface area contributed by atoms with Gasteiger partial charge in [-0.2, -0.15) is 0 Å². The summed E-state index contributed by atoms with van der Waals surface area (Å²) in [5.41, 5.74) is 0.117. The minimum absolute atomic E-state index is 0. The van der Waals surface area contributed by atoms with Crippen molar-refractivity contribution in [2.45, 2.75) is 0 Å². The Morgan fingerprint density at radius 1 is 1.25 bits per heavy atom. The minimum atomic E-state index is -1.21. The molecule has 0 atom stereocenters. The zero-order valence-electron chi connectivity index (χ0n) is 6.41. The van der Waals surface area contributed by atoms with E-state index in [1.165, 1.54) is 24.3 Å². The third kappa shape index (κ3) is 3.30. The van der Waals surface area contributed by atoms with Crippen LogP contribution in [0, 0.1) is 3.57 Å². The van der Waals surface area contributed by atoms with Gasteiger partial charge in [0.05, 0.1) is 5.97 Å². The molecule has 0 aliphatic carbocycles. The SMILES string of the molecule is O=Ic1ccc(C(=O)[O-])cc1.[Na+]. The van der Waals surface area contributed by atoms with Crippen molar-refractivity contribution < 1.29 is 42.5 Å². The van der Waals surface area contributed by atoms with Crippen LogP contribution in [0.25, 0.3) is 0 Å². The van der Waals surface area contributed by atoms with Crippen LogP contribution in [0.15, 0.2) is 24.3 Å². The summed E-state index contributed by atoms with van der Waals surface area (Å²) in [6.45, 7) is 0. The number of halogens is 1. The van der Waals surface area contributed by atoms with Crippen LogP contribution in [0.4, 0.5) is 0 Å². The van der Waals surface area contributed by atoms with Crippen LogP contribution in [0.3, 0.4) is 0 Å². The van der Waals surface area contributed by atoms with E-state index in [1.54, 1.807) is 0 Å². The Hall–Kier alpha value is 0.220. The van der Waals surface area contributed by atoms with E-state index in [0.717, 1.165) is 0 Å². The van der Waals surface area contributed by atoms with Gasteiger partial charge >= 0.3 is 29.6 Å². The molecule has 0 aliphatic rings. The molecular weight excluding hydrogens is 282 g/mol. The average Bonchev–Trinajstić information content (AvgIpc) is 2.05. The van der Waals surface area contributed by atoms with Gasteiger partial charge < -0.3 is 9.90 Å². The summed E-state index contributed by atoms with van der Waals surface area (Å²) in [5, 5.41) is 10.2. The van der Waals surface area contributed by atoms with E-state index in [9.17, 15) is 13.0 Å². The minimum Gasteiger partial charge on any atom is -0.545 e. The number of carboxylic acid groups (broad SMARTS) is 1. The third-order valence-corrected chi connectivity index (χ3v) is 2.40. The van der Waals surface area contributed by atoms with Crippen molar-refractivity contribution in [3.05, 3.63) is 33.4 Å². The molecule has 1 rings (SSSR count). The summed E-state index contributed by atoms with van der Waals surface area (Å²) < 4.78 is 11.0. The van der Waals surface area contributed by atoms with E-state index >= 15 is 0 Å². The molecule has 0 spiro atoms. The first-order valence-corrected chi connectivity index (χ1v) is 4.78. The second-order valence-corrected chi connectivity index (χ2v) is 3.56. The van der Waals surface area contributed by atoms with Gasteiger partial charge in [-0.15, -0.1) is 0 Å². The molecular formula is C7H4INaO3. The summed E-state index contributed by atoms with van der Waals surface area (Å²) >= 11 is -1.19. The monoisotopic (exact) mass is 286 g/mol. The number of carbonyl (C=O) groups is 1. The number of aromatic carboxylic acids is 1. The molecule has 0 bridgehead atoms. The fourth-order valence-corrected chi connectivity index (χ4v) is 1.29. The molecule has 3 nitrogen and oxygen atoms in total. The number of rotatable bonds is 2. The van der Waals surface area contributed by atoms with E-state index < -0.39 is 27.2 Å². The second kappa shape index (κ2) is 5.80. The predicted octanol–water partition coefficient (Wildman–Crippen LogP) is -2.46. The number of carbonyl (C=O) groups excluding carboxylic acids is 1. The topological polar surface area (TPSA) is 57.2 Å². The first-order chi connectivity index (χ1) is 5.24. The summed E-state index contributed by atoms with van der Waals surface area (Å²) in [5.74, 6) is -1.21. The number of hydrogen-bond donors (Lipinski definition) is 0. The Bertz CT molecular complexity index is 283. The van der Waals surface area contributed by atoms with Gasteiger partial charge in [0, 0.05) is 3.57 Å². The van der Waals surface area contributed by atoms with Crippen molar-refractivity contribution in [3.8, 4) is 0 Å². The Morgan fingerprint density at radius 3 is 2.08 bits per heavy atom. The van der Waals surface area contributed by atoms with Crippen molar-refractivity contribution in [2.75, 3.05) is 0 Å². The van der Waals surface area contributed by atoms with Gasteiger partial charge in [0.1, 0.15) is 0 Å². The molecule has 1 aromatic carbocycles. The van der Waals surface area contributed by atoms with E-state index in [2.05, 4.69) is 0 Å². The molecule has 0 fully saturated rings. The quantitative estimate of drug-likeness (QED) is 0.447. The molecule has 0 aliphatic heterocycles.